The van der Waals surface area contributed by atoms with Crippen molar-refractivity contribution in [2.24, 2.45) is 0 Å². The number of hydrogen-bond donors (Lipinski definition) is 1. The molecule has 21 heavy (non-hydrogen) atoms. The molecule has 106 valence electrons. The summed E-state index contributed by atoms with van der Waals surface area (Å²) in [6.45, 7) is 0.207. The molecule has 0 unspecified atom stereocenters. The number of carbonyl (C=O) groups excluding carboxylic acids is 1. The van der Waals surface area contributed by atoms with Crippen molar-refractivity contribution in [3.8, 4) is 11.5 Å². The molecule has 0 saturated carbocycles. The van der Waals surface area contributed by atoms with Crippen LogP contribution in [0.1, 0.15) is 5.56 Å². The van der Waals surface area contributed by atoms with Gasteiger partial charge >= 0.3 is 0 Å². The van der Waals surface area contributed by atoms with Crippen LogP contribution in [-0.2, 0) is 4.79 Å². The smallest absolute Gasteiger partial charge is 0.248 e. The molecule has 0 bridgehead atoms. The van der Waals surface area contributed by atoms with Gasteiger partial charge < -0.3 is 14.8 Å². The summed E-state index contributed by atoms with van der Waals surface area (Å²) in [5, 5.41) is 3.36. The molecular formula is C16H12ClNO3. The lowest BCUT2D eigenvalue weighted by atomic mass is 10.2. The van der Waals surface area contributed by atoms with Crippen LogP contribution in [0.4, 0.5) is 5.69 Å². The van der Waals surface area contributed by atoms with Crippen LogP contribution in [0.15, 0.2) is 48.5 Å². The van der Waals surface area contributed by atoms with Crippen molar-refractivity contribution in [1.82, 2.24) is 0 Å². The SMILES string of the molecule is O=C(/C=C\c1ccccc1Cl)Nc1ccc2c(c1)OCO2. The van der Waals surface area contributed by atoms with E-state index in [1.54, 1.807) is 30.3 Å². The van der Waals surface area contributed by atoms with Crippen molar-refractivity contribution < 1.29 is 14.3 Å². The van der Waals surface area contributed by atoms with Gasteiger partial charge in [0.25, 0.3) is 0 Å². The molecule has 5 heteroatoms. The highest BCUT2D eigenvalue weighted by atomic mass is 35.5. The Hall–Kier alpha value is -2.46. The molecule has 1 N–H and O–H groups in total. The highest BCUT2D eigenvalue weighted by Crippen LogP contribution is 2.34. The van der Waals surface area contributed by atoms with Gasteiger partial charge in [-0.3, -0.25) is 4.79 Å². The predicted octanol–water partition coefficient (Wildman–Crippen LogP) is 3.72. The first-order chi connectivity index (χ1) is 10.2. The maximum Gasteiger partial charge on any atom is 0.248 e. The Morgan fingerprint density at radius 1 is 1.14 bits per heavy atom. The Kier molecular flexibility index (Phi) is 3.79. The van der Waals surface area contributed by atoms with Crippen molar-refractivity contribution in [2.75, 3.05) is 12.1 Å². The standard InChI is InChI=1S/C16H12ClNO3/c17-13-4-2-1-3-11(13)5-8-16(19)18-12-6-7-14-15(9-12)21-10-20-14/h1-9H,10H2,(H,18,19)/b8-5-. The van der Waals surface area contributed by atoms with Gasteiger partial charge in [-0.25, -0.2) is 0 Å². The molecule has 0 atom stereocenters. The van der Waals surface area contributed by atoms with Crippen molar-refractivity contribution in [3.05, 3.63) is 59.1 Å². The monoisotopic (exact) mass is 301 g/mol. The second-order valence-electron chi connectivity index (χ2n) is 4.41. The normalized spacial score (nSPS) is 12.6. The zero-order valence-corrected chi connectivity index (χ0v) is 11.8. The van der Waals surface area contributed by atoms with Gasteiger partial charge in [0.05, 0.1) is 0 Å². The van der Waals surface area contributed by atoms with E-state index in [0.29, 0.717) is 22.2 Å². The first-order valence-electron chi connectivity index (χ1n) is 6.35. The van der Waals surface area contributed by atoms with E-state index in [1.165, 1.54) is 6.08 Å². The van der Waals surface area contributed by atoms with Crippen LogP contribution in [0.3, 0.4) is 0 Å². The van der Waals surface area contributed by atoms with Crippen LogP contribution in [0, 0.1) is 0 Å². The number of nitrogens with one attached hydrogen (secondary N) is 1. The van der Waals surface area contributed by atoms with E-state index in [4.69, 9.17) is 21.1 Å². The number of hydrogen-bond acceptors (Lipinski definition) is 3. The Labute approximate surface area is 126 Å². The van der Waals surface area contributed by atoms with Gasteiger partial charge in [-0.05, 0) is 29.8 Å². The van der Waals surface area contributed by atoms with Gasteiger partial charge in [-0.15, -0.1) is 0 Å². The number of carbonyl (C=O) groups is 1. The van der Waals surface area contributed by atoms with E-state index < -0.39 is 0 Å². The van der Waals surface area contributed by atoms with Crippen LogP contribution in [0.2, 0.25) is 5.02 Å². The van der Waals surface area contributed by atoms with E-state index in [2.05, 4.69) is 5.32 Å². The fraction of sp³-hybridized carbons (Fsp3) is 0.0625. The number of rotatable bonds is 3. The summed E-state index contributed by atoms with van der Waals surface area (Å²) in [7, 11) is 0. The number of anilines is 1. The molecule has 4 nitrogen and oxygen atoms in total. The topological polar surface area (TPSA) is 47.6 Å². The molecule has 1 aliphatic rings. The zero-order chi connectivity index (χ0) is 14.7. The van der Waals surface area contributed by atoms with Crippen molar-refractivity contribution in [2.45, 2.75) is 0 Å². The first-order valence-corrected chi connectivity index (χ1v) is 6.73. The number of benzene rings is 2. The summed E-state index contributed by atoms with van der Waals surface area (Å²) >= 11 is 6.02. The lowest BCUT2D eigenvalue weighted by Crippen LogP contribution is -2.07. The molecule has 0 spiro atoms. The van der Waals surface area contributed by atoms with Gasteiger partial charge in [0.1, 0.15) is 0 Å². The van der Waals surface area contributed by atoms with Gasteiger partial charge in [0, 0.05) is 22.9 Å². The van der Waals surface area contributed by atoms with Crippen LogP contribution in [0.5, 0.6) is 11.5 Å². The molecule has 2 aromatic carbocycles. The summed E-state index contributed by atoms with van der Waals surface area (Å²) in [5.74, 6) is 1.07. The van der Waals surface area contributed by atoms with E-state index in [-0.39, 0.29) is 12.7 Å². The quantitative estimate of drug-likeness (QED) is 0.879. The van der Waals surface area contributed by atoms with E-state index in [0.717, 1.165) is 5.56 Å². The molecule has 0 fully saturated rings. The van der Waals surface area contributed by atoms with E-state index >= 15 is 0 Å². The minimum absolute atomic E-state index is 0.207. The molecule has 3 rings (SSSR count). The summed E-state index contributed by atoms with van der Waals surface area (Å²) in [5.41, 5.74) is 1.44. The second kappa shape index (κ2) is 5.89. The fourth-order valence-corrected chi connectivity index (χ4v) is 2.13. The summed E-state index contributed by atoms with van der Waals surface area (Å²) in [6, 6.07) is 12.6. The zero-order valence-electron chi connectivity index (χ0n) is 11.0. The average Bonchev–Trinajstić information content (AvgIpc) is 2.94. The number of fused-ring (bicyclic) bond motifs is 1. The van der Waals surface area contributed by atoms with Gasteiger partial charge in [0.2, 0.25) is 12.7 Å². The summed E-state index contributed by atoms with van der Waals surface area (Å²) in [6.07, 6.45) is 3.11. The minimum atomic E-state index is -0.242. The Morgan fingerprint density at radius 2 is 1.95 bits per heavy atom. The van der Waals surface area contributed by atoms with Crippen LogP contribution >= 0.6 is 11.6 Å². The Morgan fingerprint density at radius 3 is 2.81 bits per heavy atom. The maximum absolute atomic E-state index is 11.9. The Bertz CT molecular complexity index is 712. The molecule has 0 saturated heterocycles. The number of amides is 1. The van der Waals surface area contributed by atoms with Crippen molar-refractivity contribution >= 4 is 29.3 Å². The summed E-state index contributed by atoms with van der Waals surface area (Å²) < 4.78 is 10.5. The molecule has 1 amide bonds. The highest BCUT2D eigenvalue weighted by Gasteiger charge is 2.13. The molecule has 0 aromatic heterocycles. The molecule has 1 aliphatic heterocycles. The molecular weight excluding hydrogens is 290 g/mol. The third-order valence-corrected chi connectivity index (χ3v) is 3.30. The van der Waals surface area contributed by atoms with E-state index in [1.807, 2.05) is 18.2 Å². The second-order valence-corrected chi connectivity index (χ2v) is 4.82. The highest BCUT2D eigenvalue weighted by molar-refractivity contribution is 6.32. The van der Waals surface area contributed by atoms with Crippen molar-refractivity contribution in [3.63, 3.8) is 0 Å². The Balaban J connectivity index is 1.68. The summed E-state index contributed by atoms with van der Waals surface area (Å²) in [4.78, 5) is 11.9. The largest absolute Gasteiger partial charge is 0.454 e. The maximum atomic E-state index is 11.9. The molecule has 2 aromatic rings. The number of halogens is 1. The van der Waals surface area contributed by atoms with Gasteiger partial charge in [-0.1, -0.05) is 29.8 Å². The lowest BCUT2D eigenvalue weighted by molar-refractivity contribution is -0.111. The van der Waals surface area contributed by atoms with Crippen LogP contribution < -0.4 is 14.8 Å². The average molecular weight is 302 g/mol. The lowest BCUT2D eigenvalue weighted by Gasteiger charge is -2.03. The predicted molar refractivity (Wildman–Crippen MR) is 81.7 cm³/mol. The first kappa shape index (κ1) is 13.5. The third-order valence-electron chi connectivity index (χ3n) is 2.96. The van der Waals surface area contributed by atoms with Crippen molar-refractivity contribution in [1.29, 1.82) is 0 Å². The van der Waals surface area contributed by atoms with E-state index in [9.17, 15) is 4.79 Å². The fourth-order valence-electron chi connectivity index (χ4n) is 1.93. The molecule has 1 heterocycles. The van der Waals surface area contributed by atoms with Crippen LogP contribution in [0.25, 0.3) is 6.08 Å². The van der Waals surface area contributed by atoms with Gasteiger partial charge in [-0.2, -0.15) is 0 Å². The minimum Gasteiger partial charge on any atom is -0.454 e. The molecule has 0 radical (unpaired) electrons. The van der Waals surface area contributed by atoms with Gasteiger partial charge in [0.15, 0.2) is 11.5 Å². The van der Waals surface area contributed by atoms with Crippen LogP contribution in [-0.4, -0.2) is 12.7 Å². The number of ether oxygens (including phenoxy) is 2. The molecule has 0 aliphatic carbocycles. The third kappa shape index (κ3) is 3.17.